The Labute approximate surface area is 76.0 Å². The molecule has 0 aliphatic carbocycles. The zero-order valence-electron chi connectivity index (χ0n) is 6.26. The molecule has 7 heteroatoms. The topological polar surface area (TPSA) is 102 Å². The summed E-state index contributed by atoms with van der Waals surface area (Å²) in [4.78, 5) is 13.9. The molecule has 0 amide bonds. The number of aromatic carboxylic acids is 1. The molecule has 1 aromatic rings. The van der Waals surface area contributed by atoms with E-state index in [-0.39, 0.29) is 11.4 Å². The van der Waals surface area contributed by atoms with Crippen LogP contribution in [-0.2, 0) is 11.3 Å². The Kier molecular flexibility index (Phi) is 2.93. The highest BCUT2D eigenvalue weighted by Gasteiger charge is 2.01. The summed E-state index contributed by atoms with van der Waals surface area (Å²) in [6, 6.07) is 2.52. The van der Waals surface area contributed by atoms with Crippen LogP contribution in [0.3, 0.4) is 0 Å². The van der Waals surface area contributed by atoms with Crippen LogP contribution in [0.2, 0.25) is 0 Å². The summed E-state index contributed by atoms with van der Waals surface area (Å²) in [6.45, 7) is 0. The number of aromatic nitrogens is 1. The number of carboxylic acid groups (broad SMARTS) is 1. The van der Waals surface area contributed by atoms with Gasteiger partial charge in [-0.1, -0.05) is 0 Å². The standard InChI is InChI=1S/C6H6N2O4S/c9-6(10)4-1-2-5(7-3-4)8-13(11)12/h1-3H,(H,7,8)(H,9,10)(H,11,12)/p-1. The summed E-state index contributed by atoms with van der Waals surface area (Å²) in [5.74, 6) is -1.03. The number of rotatable bonds is 3. The number of hydrogen-bond donors (Lipinski definition) is 2. The van der Waals surface area contributed by atoms with Crippen LogP contribution in [0.25, 0.3) is 0 Å². The van der Waals surface area contributed by atoms with E-state index in [2.05, 4.69) is 4.98 Å². The molecule has 0 saturated heterocycles. The third-order valence-electron chi connectivity index (χ3n) is 1.20. The van der Waals surface area contributed by atoms with Crippen LogP contribution in [0.4, 0.5) is 5.82 Å². The first-order chi connectivity index (χ1) is 6.09. The van der Waals surface area contributed by atoms with Gasteiger partial charge in [0.05, 0.1) is 5.56 Å². The van der Waals surface area contributed by atoms with Gasteiger partial charge in [-0.3, -0.25) is 4.21 Å². The minimum absolute atomic E-state index is 0.00207. The molecule has 0 bridgehead atoms. The number of hydrogen-bond acceptors (Lipinski definition) is 4. The highest BCUT2D eigenvalue weighted by molar-refractivity contribution is 7.80. The van der Waals surface area contributed by atoms with Crippen molar-refractivity contribution in [2.45, 2.75) is 0 Å². The molecule has 0 spiro atoms. The molecule has 0 fully saturated rings. The average Bonchev–Trinajstić information content (AvgIpc) is 2.04. The van der Waals surface area contributed by atoms with Crippen molar-refractivity contribution < 1.29 is 18.7 Å². The van der Waals surface area contributed by atoms with Crippen molar-refractivity contribution in [2.24, 2.45) is 0 Å². The Bertz CT molecular complexity index is 337. The summed E-state index contributed by atoms with van der Waals surface area (Å²) in [6.07, 6.45) is 1.07. The van der Waals surface area contributed by atoms with Crippen LogP contribution < -0.4 is 4.72 Å². The minimum Gasteiger partial charge on any atom is -0.755 e. The minimum atomic E-state index is -2.44. The van der Waals surface area contributed by atoms with Crippen LogP contribution in [0.15, 0.2) is 18.3 Å². The first kappa shape index (κ1) is 9.62. The van der Waals surface area contributed by atoms with E-state index in [0.717, 1.165) is 6.20 Å². The molecule has 0 aromatic carbocycles. The van der Waals surface area contributed by atoms with Gasteiger partial charge >= 0.3 is 5.97 Å². The molecule has 0 radical (unpaired) electrons. The van der Waals surface area contributed by atoms with Gasteiger partial charge in [-0.25, -0.2) is 9.78 Å². The molecular formula is C6H5N2O4S-. The third kappa shape index (κ3) is 2.80. The fourth-order valence-electron chi connectivity index (χ4n) is 0.666. The predicted molar refractivity (Wildman–Crippen MR) is 43.7 cm³/mol. The fourth-order valence-corrected chi connectivity index (χ4v) is 0.958. The van der Waals surface area contributed by atoms with Gasteiger partial charge < -0.3 is 14.4 Å². The number of nitrogens with zero attached hydrogens (tertiary/aromatic N) is 1. The molecule has 0 aliphatic heterocycles. The average molecular weight is 201 g/mol. The highest BCUT2D eigenvalue weighted by atomic mass is 32.2. The molecule has 1 heterocycles. The van der Waals surface area contributed by atoms with Gasteiger partial charge in [0.25, 0.3) is 0 Å². The Morgan fingerprint density at radius 2 is 2.31 bits per heavy atom. The Balaban J connectivity index is 2.81. The Morgan fingerprint density at radius 1 is 1.62 bits per heavy atom. The molecule has 1 atom stereocenters. The van der Waals surface area contributed by atoms with Crippen LogP contribution in [0.5, 0.6) is 0 Å². The number of carbonyl (C=O) groups is 1. The lowest BCUT2D eigenvalue weighted by molar-refractivity contribution is 0.0696. The van der Waals surface area contributed by atoms with Gasteiger partial charge in [0.2, 0.25) is 0 Å². The third-order valence-corrected chi connectivity index (χ3v) is 1.57. The van der Waals surface area contributed by atoms with Gasteiger partial charge in [-0.05, 0) is 12.1 Å². The lowest BCUT2D eigenvalue weighted by atomic mass is 10.3. The predicted octanol–water partition coefficient (Wildman–Crippen LogP) is -0.0142. The summed E-state index contributed by atoms with van der Waals surface area (Å²) in [5, 5.41) is 8.48. The van der Waals surface area contributed by atoms with Crippen molar-refractivity contribution in [3.63, 3.8) is 0 Å². The summed E-state index contributed by atoms with van der Waals surface area (Å²) < 4.78 is 22.2. The van der Waals surface area contributed by atoms with Crippen molar-refractivity contribution in [2.75, 3.05) is 4.72 Å². The fraction of sp³-hybridized carbons (Fsp3) is 0. The molecule has 1 aromatic heterocycles. The smallest absolute Gasteiger partial charge is 0.337 e. The Hall–Kier alpha value is -1.47. The number of carboxylic acids is 1. The molecule has 13 heavy (non-hydrogen) atoms. The van der Waals surface area contributed by atoms with E-state index in [1.165, 1.54) is 12.1 Å². The van der Waals surface area contributed by atoms with E-state index in [1.807, 2.05) is 4.72 Å². The second-order valence-electron chi connectivity index (χ2n) is 2.07. The molecule has 1 rings (SSSR count). The van der Waals surface area contributed by atoms with Crippen molar-refractivity contribution in [3.05, 3.63) is 23.9 Å². The van der Waals surface area contributed by atoms with E-state index >= 15 is 0 Å². The maximum Gasteiger partial charge on any atom is 0.337 e. The molecule has 0 aliphatic rings. The number of nitrogens with one attached hydrogen (secondary N) is 1. The van der Waals surface area contributed by atoms with E-state index in [0.29, 0.717) is 0 Å². The largest absolute Gasteiger partial charge is 0.755 e. The molecule has 0 saturated carbocycles. The molecule has 6 nitrogen and oxygen atoms in total. The normalized spacial score (nSPS) is 12.1. The molecular weight excluding hydrogens is 196 g/mol. The number of pyridine rings is 1. The maximum absolute atomic E-state index is 10.4. The van der Waals surface area contributed by atoms with E-state index in [1.54, 1.807) is 0 Å². The van der Waals surface area contributed by atoms with Gasteiger partial charge in [-0.15, -0.1) is 0 Å². The first-order valence-electron chi connectivity index (χ1n) is 3.15. The van der Waals surface area contributed by atoms with Crippen LogP contribution >= 0.6 is 0 Å². The first-order valence-corrected chi connectivity index (χ1v) is 4.22. The molecule has 70 valence electrons. The SMILES string of the molecule is O=C(O)c1ccc(NS(=O)[O-])nc1. The zero-order valence-corrected chi connectivity index (χ0v) is 7.08. The summed E-state index contributed by atoms with van der Waals surface area (Å²) in [5.41, 5.74) is 0.00207. The quantitative estimate of drug-likeness (QED) is 0.669. The van der Waals surface area contributed by atoms with Crippen molar-refractivity contribution in [3.8, 4) is 0 Å². The number of anilines is 1. The van der Waals surface area contributed by atoms with Crippen molar-refractivity contribution in [1.82, 2.24) is 4.98 Å². The summed E-state index contributed by atoms with van der Waals surface area (Å²) >= 11 is -2.44. The monoisotopic (exact) mass is 201 g/mol. The molecule has 2 N–H and O–H groups in total. The summed E-state index contributed by atoms with van der Waals surface area (Å²) in [7, 11) is 0. The van der Waals surface area contributed by atoms with Gasteiger partial charge in [0.15, 0.2) is 0 Å². The van der Waals surface area contributed by atoms with Crippen LogP contribution in [0.1, 0.15) is 10.4 Å². The van der Waals surface area contributed by atoms with Gasteiger partial charge in [-0.2, -0.15) is 0 Å². The van der Waals surface area contributed by atoms with Crippen LogP contribution in [0, 0.1) is 0 Å². The maximum atomic E-state index is 10.4. The van der Waals surface area contributed by atoms with E-state index < -0.39 is 17.2 Å². The molecule has 1 unspecified atom stereocenters. The lowest BCUT2D eigenvalue weighted by Crippen LogP contribution is -2.05. The van der Waals surface area contributed by atoms with E-state index in [9.17, 15) is 13.6 Å². The lowest BCUT2D eigenvalue weighted by Gasteiger charge is -2.06. The van der Waals surface area contributed by atoms with E-state index in [4.69, 9.17) is 5.11 Å². The van der Waals surface area contributed by atoms with Gasteiger partial charge in [0, 0.05) is 17.5 Å². The highest BCUT2D eigenvalue weighted by Crippen LogP contribution is 2.04. The van der Waals surface area contributed by atoms with Crippen LogP contribution in [-0.4, -0.2) is 24.8 Å². The second-order valence-corrected chi connectivity index (χ2v) is 2.75. The van der Waals surface area contributed by atoms with Gasteiger partial charge in [0.1, 0.15) is 5.82 Å². The van der Waals surface area contributed by atoms with Crippen molar-refractivity contribution >= 4 is 23.1 Å². The second kappa shape index (κ2) is 3.97. The Morgan fingerprint density at radius 3 is 2.69 bits per heavy atom. The van der Waals surface area contributed by atoms with Crippen molar-refractivity contribution in [1.29, 1.82) is 0 Å². The zero-order chi connectivity index (χ0) is 9.84.